The van der Waals surface area contributed by atoms with Gasteiger partial charge < -0.3 is 34.0 Å². The number of para-hydroxylation sites is 2. The van der Waals surface area contributed by atoms with Crippen molar-refractivity contribution in [1.82, 2.24) is 9.97 Å². The third kappa shape index (κ3) is 7.59. The van der Waals surface area contributed by atoms with Crippen LogP contribution in [0.2, 0.25) is 19.6 Å². The number of carbonyl (C=O) groups is 1. The molecule has 0 bridgehead atoms. The van der Waals surface area contributed by atoms with E-state index in [1.165, 1.54) is 26.0 Å². The van der Waals surface area contributed by atoms with Gasteiger partial charge in [-0.25, -0.2) is 0 Å². The van der Waals surface area contributed by atoms with Crippen LogP contribution in [0.15, 0.2) is 99.3 Å². The van der Waals surface area contributed by atoms with Crippen LogP contribution in [-0.2, 0) is 0 Å². The molecule has 10 nitrogen and oxygen atoms in total. The number of hydrogen-bond acceptors (Lipinski definition) is 10. The Morgan fingerprint density at radius 2 is 1.44 bits per heavy atom. The van der Waals surface area contributed by atoms with Gasteiger partial charge in [0.15, 0.2) is 16.5 Å². The fraction of sp³-hybridized carbons (Fsp3) is 0.182. The Hall–Kier alpha value is -4.94. The molecule has 3 aromatic carbocycles. The second kappa shape index (κ2) is 13.8. The van der Waals surface area contributed by atoms with Crippen molar-refractivity contribution in [3.8, 4) is 29.0 Å². The van der Waals surface area contributed by atoms with Crippen LogP contribution in [-0.4, -0.2) is 45.3 Å². The monoisotopic (exact) mass is 642 g/mol. The van der Waals surface area contributed by atoms with Crippen molar-refractivity contribution in [2.75, 3.05) is 32.0 Å². The Kier molecular flexibility index (Phi) is 9.64. The summed E-state index contributed by atoms with van der Waals surface area (Å²) in [5.74, 6) is 2.20. The number of amides is 1. The number of carbonyl (C=O) groups excluding carboxylic acids is 1. The van der Waals surface area contributed by atoms with Gasteiger partial charge in [0, 0.05) is 11.8 Å². The minimum absolute atomic E-state index is 0.0847. The van der Waals surface area contributed by atoms with Gasteiger partial charge in [-0.1, -0.05) is 56.0 Å². The van der Waals surface area contributed by atoms with Crippen molar-refractivity contribution in [1.29, 1.82) is 0 Å². The van der Waals surface area contributed by atoms with E-state index in [4.69, 9.17) is 23.4 Å². The van der Waals surface area contributed by atoms with E-state index in [0.29, 0.717) is 10.8 Å². The normalized spacial score (nSPS) is 11.1. The van der Waals surface area contributed by atoms with Crippen molar-refractivity contribution in [2.45, 2.75) is 29.6 Å². The van der Waals surface area contributed by atoms with Gasteiger partial charge in [0.25, 0.3) is 5.91 Å². The SMILES string of the molecule is COc1cc(Oc2ccccc2)c([Si](C)(C)C)cc1Sc1ccc(C(=O)Nc2c(OC)nc(Nc3ccccc3)nc2OC)o1. The summed E-state index contributed by atoms with van der Waals surface area (Å²) in [6.07, 6.45) is 0. The van der Waals surface area contributed by atoms with E-state index >= 15 is 0 Å². The Labute approximate surface area is 267 Å². The van der Waals surface area contributed by atoms with Gasteiger partial charge in [-0.15, -0.1) is 0 Å². The molecule has 0 radical (unpaired) electrons. The van der Waals surface area contributed by atoms with Crippen molar-refractivity contribution >= 4 is 48.3 Å². The first-order chi connectivity index (χ1) is 21.7. The lowest BCUT2D eigenvalue weighted by molar-refractivity contribution is 0.0991. The maximum atomic E-state index is 13.3. The lowest BCUT2D eigenvalue weighted by atomic mass is 10.3. The van der Waals surface area contributed by atoms with Crippen molar-refractivity contribution in [2.24, 2.45) is 0 Å². The van der Waals surface area contributed by atoms with Crippen molar-refractivity contribution < 1.29 is 28.2 Å². The smallest absolute Gasteiger partial charge is 0.291 e. The summed E-state index contributed by atoms with van der Waals surface area (Å²) < 4.78 is 28.9. The maximum absolute atomic E-state index is 13.3. The highest BCUT2D eigenvalue weighted by atomic mass is 32.2. The average Bonchev–Trinajstić information content (AvgIpc) is 3.51. The molecule has 5 aromatic rings. The molecule has 0 aliphatic carbocycles. The van der Waals surface area contributed by atoms with Crippen LogP contribution in [0.4, 0.5) is 17.3 Å². The predicted octanol–water partition coefficient (Wildman–Crippen LogP) is 7.58. The van der Waals surface area contributed by atoms with E-state index < -0.39 is 14.0 Å². The van der Waals surface area contributed by atoms with Gasteiger partial charge in [-0.2, -0.15) is 9.97 Å². The van der Waals surface area contributed by atoms with Crippen LogP contribution in [0.25, 0.3) is 0 Å². The van der Waals surface area contributed by atoms with Gasteiger partial charge in [0.05, 0.1) is 34.3 Å². The lowest BCUT2D eigenvalue weighted by Crippen LogP contribution is -2.38. The molecule has 0 aliphatic heterocycles. The molecule has 0 saturated heterocycles. The summed E-state index contributed by atoms with van der Waals surface area (Å²) in [6, 6.07) is 26.4. The minimum Gasteiger partial charge on any atom is -0.495 e. The topological polar surface area (TPSA) is 117 Å². The van der Waals surface area contributed by atoms with Crippen molar-refractivity contribution in [3.63, 3.8) is 0 Å². The third-order valence-electron chi connectivity index (χ3n) is 6.56. The molecule has 2 aromatic heterocycles. The number of ether oxygens (including phenoxy) is 4. The molecule has 0 atom stereocenters. The molecule has 232 valence electrons. The molecular formula is C33H34N4O6SSi. The second-order valence-electron chi connectivity index (χ2n) is 10.8. The van der Waals surface area contributed by atoms with Crippen LogP contribution < -0.4 is 34.8 Å². The van der Waals surface area contributed by atoms with Gasteiger partial charge in [-0.05, 0) is 59.4 Å². The minimum atomic E-state index is -1.85. The molecule has 45 heavy (non-hydrogen) atoms. The zero-order valence-electron chi connectivity index (χ0n) is 25.8. The van der Waals surface area contributed by atoms with Crippen LogP contribution in [0.1, 0.15) is 10.6 Å². The fourth-order valence-electron chi connectivity index (χ4n) is 4.38. The number of aromatic nitrogens is 2. The third-order valence-corrected chi connectivity index (χ3v) is 9.52. The summed E-state index contributed by atoms with van der Waals surface area (Å²) in [7, 11) is 2.67. The number of hydrogen-bond donors (Lipinski definition) is 2. The standard InChI is InChI=1S/C33H34N4O6SSi/c1-39-24-19-25(42-22-15-11-8-12-16-22)27(45(4,5)6)20-26(24)44-28-18-17-23(43-28)30(38)35-29-31(40-2)36-33(37-32(29)41-3)34-21-13-9-7-10-14-21/h7-20H,1-6H3,(H,35,38)(H,34,36,37). The zero-order chi connectivity index (χ0) is 32.0. The highest BCUT2D eigenvalue weighted by Crippen LogP contribution is 2.39. The summed E-state index contributed by atoms with van der Waals surface area (Å²) in [5, 5.41) is 7.50. The largest absolute Gasteiger partial charge is 0.495 e. The first-order valence-electron chi connectivity index (χ1n) is 14.0. The van der Waals surface area contributed by atoms with Gasteiger partial charge in [0.2, 0.25) is 17.7 Å². The second-order valence-corrected chi connectivity index (χ2v) is 16.9. The molecule has 1 amide bonds. The Balaban J connectivity index is 1.37. The molecule has 12 heteroatoms. The van der Waals surface area contributed by atoms with E-state index in [9.17, 15) is 4.79 Å². The molecule has 0 spiro atoms. The van der Waals surface area contributed by atoms with E-state index in [1.54, 1.807) is 19.2 Å². The number of benzene rings is 3. The Morgan fingerprint density at radius 3 is 2.04 bits per heavy atom. The molecular weight excluding hydrogens is 609 g/mol. The number of nitrogens with one attached hydrogen (secondary N) is 2. The molecule has 2 heterocycles. The number of methoxy groups -OCH3 is 3. The summed E-state index contributed by atoms with van der Waals surface area (Å²) >= 11 is 1.36. The van der Waals surface area contributed by atoms with Crippen molar-refractivity contribution in [3.05, 3.63) is 90.7 Å². The highest BCUT2D eigenvalue weighted by molar-refractivity contribution is 7.99. The van der Waals surface area contributed by atoms with Crippen LogP contribution in [0.5, 0.6) is 29.0 Å². The van der Waals surface area contributed by atoms with Gasteiger partial charge in [0.1, 0.15) is 17.2 Å². The summed E-state index contributed by atoms with van der Waals surface area (Å²) in [4.78, 5) is 22.9. The van der Waals surface area contributed by atoms with E-state index in [-0.39, 0.29) is 29.2 Å². The molecule has 0 unspecified atom stereocenters. The molecule has 5 rings (SSSR count). The molecule has 0 saturated carbocycles. The molecule has 0 aliphatic rings. The molecule has 2 N–H and O–H groups in total. The van der Waals surface area contributed by atoms with Crippen LogP contribution in [0.3, 0.4) is 0 Å². The van der Waals surface area contributed by atoms with E-state index in [1.807, 2.05) is 66.7 Å². The Bertz CT molecular complexity index is 1750. The maximum Gasteiger partial charge on any atom is 0.291 e. The van der Waals surface area contributed by atoms with Gasteiger partial charge >= 0.3 is 0 Å². The number of furan rings is 1. The molecule has 0 fully saturated rings. The summed E-state index contributed by atoms with van der Waals surface area (Å²) in [6.45, 7) is 6.77. The summed E-state index contributed by atoms with van der Waals surface area (Å²) in [5.41, 5.74) is 0.954. The Morgan fingerprint density at radius 1 is 0.800 bits per heavy atom. The lowest BCUT2D eigenvalue weighted by Gasteiger charge is -2.23. The predicted molar refractivity (Wildman–Crippen MR) is 178 cm³/mol. The fourth-order valence-corrected chi connectivity index (χ4v) is 6.82. The van der Waals surface area contributed by atoms with E-state index in [2.05, 4.69) is 46.3 Å². The number of nitrogens with zero attached hydrogens (tertiary/aromatic N) is 2. The van der Waals surface area contributed by atoms with Crippen LogP contribution >= 0.6 is 11.8 Å². The number of rotatable bonds is 12. The first kappa shape index (κ1) is 31.5. The zero-order valence-corrected chi connectivity index (χ0v) is 27.7. The van der Waals surface area contributed by atoms with Gasteiger partial charge in [-0.3, -0.25) is 4.79 Å². The average molecular weight is 643 g/mol. The van der Waals surface area contributed by atoms with Crippen LogP contribution in [0, 0.1) is 0 Å². The first-order valence-corrected chi connectivity index (χ1v) is 18.4. The number of anilines is 3. The highest BCUT2D eigenvalue weighted by Gasteiger charge is 2.26. The van der Waals surface area contributed by atoms with E-state index in [0.717, 1.165) is 27.3 Å². The quantitative estimate of drug-likeness (QED) is 0.132.